The molecule has 2 aromatic carbocycles. The van der Waals surface area contributed by atoms with Gasteiger partial charge < -0.3 is 24.8 Å². The molecule has 0 nitrogen and oxygen atoms in total. The molecule has 2 atom stereocenters. The second-order valence-electron chi connectivity index (χ2n) is 11.9. The first-order valence-corrected chi connectivity index (χ1v) is 19.9. The summed E-state index contributed by atoms with van der Waals surface area (Å²) in [6.45, 7) is 22.2. The topological polar surface area (TPSA) is 0 Å². The number of allylic oxidation sites excluding steroid dienone is 8. The van der Waals surface area contributed by atoms with Crippen LogP contribution in [0.4, 0.5) is 0 Å². The molecule has 2 aromatic rings. The third kappa shape index (κ3) is 11.7. The second-order valence-corrected chi connectivity index (χ2v) is 19.2. The number of rotatable bonds is 2. The summed E-state index contributed by atoms with van der Waals surface area (Å²) in [5.41, 5.74) is 5.78. The summed E-state index contributed by atoms with van der Waals surface area (Å²) in [7, 11) is 0. The van der Waals surface area contributed by atoms with Crippen LogP contribution in [-0.2, 0) is 23.0 Å². The normalized spacial score (nSPS) is 18.1. The van der Waals surface area contributed by atoms with Gasteiger partial charge in [0.2, 0.25) is 0 Å². The molecule has 0 N–H and O–H groups in total. The zero-order valence-electron chi connectivity index (χ0n) is 24.8. The van der Waals surface area contributed by atoms with Gasteiger partial charge in [-0.1, -0.05) is 91.9 Å². The van der Waals surface area contributed by atoms with Crippen molar-refractivity contribution in [3.8, 4) is 0 Å². The zero-order chi connectivity index (χ0) is 27.1. The van der Waals surface area contributed by atoms with Crippen LogP contribution in [0.5, 0.6) is 0 Å². The van der Waals surface area contributed by atoms with E-state index < -0.39 is 5.49 Å². The summed E-state index contributed by atoms with van der Waals surface area (Å²) in [5.74, 6) is 1.04. The van der Waals surface area contributed by atoms with Crippen molar-refractivity contribution in [2.75, 3.05) is 0 Å². The van der Waals surface area contributed by atoms with E-state index in [1.54, 1.807) is 0 Å². The van der Waals surface area contributed by atoms with E-state index in [4.69, 9.17) is 0 Å². The Labute approximate surface area is 261 Å². The van der Waals surface area contributed by atoms with Crippen LogP contribution in [0.25, 0.3) is 0 Å². The average Bonchev–Trinajstić information content (AvgIpc) is 3.35. The Hall–Kier alpha value is -0.933. The first kappa shape index (κ1) is 37.1. The maximum atomic E-state index is 3.40. The monoisotopic (exact) mass is 730 g/mol. The van der Waals surface area contributed by atoms with Gasteiger partial charge in [0.1, 0.15) is 0 Å². The van der Waals surface area contributed by atoms with E-state index in [1.165, 1.54) is 55.7 Å². The van der Waals surface area contributed by atoms with Crippen LogP contribution >= 0.6 is 0 Å². The molecule has 0 saturated heterocycles. The molecule has 0 heterocycles. The van der Waals surface area contributed by atoms with E-state index in [0.717, 1.165) is 0 Å². The van der Waals surface area contributed by atoms with Crippen molar-refractivity contribution in [3.63, 3.8) is 0 Å². The Bertz CT molecular complexity index is 1050. The predicted molar refractivity (Wildman–Crippen MR) is 156 cm³/mol. The summed E-state index contributed by atoms with van der Waals surface area (Å²) in [6, 6.07) is 21.8. The van der Waals surface area contributed by atoms with Gasteiger partial charge in [0.15, 0.2) is 0 Å². The Kier molecular flexibility index (Phi) is 16.0. The zero-order valence-corrected chi connectivity index (χ0v) is 30.9. The summed E-state index contributed by atoms with van der Waals surface area (Å²) in [6.07, 6.45) is 11.4. The molecule has 0 spiro atoms. The minimum atomic E-state index is -0.406. The summed E-state index contributed by atoms with van der Waals surface area (Å²) >= 11 is 1.27. The molecule has 4 heteroatoms. The van der Waals surface area contributed by atoms with Crippen LogP contribution in [0, 0.1) is 34.8 Å². The summed E-state index contributed by atoms with van der Waals surface area (Å²) in [5, 5.41) is 3.07. The van der Waals surface area contributed by atoms with E-state index in [2.05, 4.69) is 154 Å². The Morgan fingerprint density at radius 2 is 0.895 bits per heavy atom. The summed E-state index contributed by atoms with van der Waals surface area (Å²) in [4.78, 5) is 0. The van der Waals surface area contributed by atoms with Gasteiger partial charge >= 0.3 is 99.5 Å². The van der Waals surface area contributed by atoms with Crippen LogP contribution in [0.1, 0.15) is 69.2 Å². The van der Waals surface area contributed by atoms with Gasteiger partial charge in [-0.15, -0.1) is 0 Å². The number of benzene rings is 2. The van der Waals surface area contributed by atoms with E-state index >= 15 is 0 Å². The van der Waals surface area contributed by atoms with Crippen LogP contribution in [0.2, 0.25) is 0 Å². The summed E-state index contributed by atoms with van der Waals surface area (Å²) < 4.78 is 0. The van der Waals surface area contributed by atoms with Crippen LogP contribution < -0.4 is 35.2 Å². The molecule has 0 saturated carbocycles. The first-order valence-electron chi connectivity index (χ1n) is 13.0. The molecule has 0 aromatic heterocycles. The van der Waals surface area contributed by atoms with Gasteiger partial charge in [0.05, 0.1) is 0 Å². The molecule has 4 rings (SSSR count). The number of hydrogen-bond acceptors (Lipinski definition) is 0. The third-order valence-corrected chi connectivity index (χ3v) is 14.3. The van der Waals surface area contributed by atoms with Gasteiger partial charge in [-0.2, -0.15) is 23.3 Å². The standard InChI is InChI=1S/C12H10Si.2C11H17.2ClH.Hf/c1-3-7-11(8-4-1)13-12-9-5-2-6-10-12;2*1-8-6-9(2)10(7-8)11(3,4)5;;;/h1-10H;2*7-8H,1-5H3;2*1H;/q;2*-1;;;+2/p-2. The molecule has 2 unspecified atom stereocenters. The molecular weight excluding hydrogens is 686 g/mol. The maximum absolute atomic E-state index is 3.40. The number of hydrogen-bond donors (Lipinski definition) is 0. The molecule has 0 bridgehead atoms. The van der Waals surface area contributed by atoms with Crippen molar-refractivity contribution in [1.82, 2.24) is 0 Å². The van der Waals surface area contributed by atoms with E-state index in [0.29, 0.717) is 22.7 Å². The van der Waals surface area contributed by atoms with Gasteiger partial charge in [0, 0.05) is 0 Å². The molecule has 204 valence electrons. The second kappa shape index (κ2) is 16.4. The SMILES string of the molecule is CC1=[C-]C(C)C=C1C(C)(C)C.CC1=[C-]C(C)C=C1C(C)(C)C.[Cl-].[Cl-].[Hf+2]=[Si](c1ccccc1)c1ccccc1. The van der Waals surface area contributed by atoms with Gasteiger partial charge in [-0.25, -0.2) is 11.1 Å². The van der Waals surface area contributed by atoms with Crippen molar-refractivity contribution in [2.24, 2.45) is 22.7 Å². The molecule has 0 aliphatic heterocycles. The molecule has 38 heavy (non-hydrogen) atoms. The van der Waals surface area contributed by atoms with Gasteiger partial charge in [0.25, 0.3) is 0 Å². The van der Waals surface area contributed by atoms with Crippen molar-refractivity contribution in [1.29, 1.82) is 0 Å². The molecule has 0 amide bonds. The minimum absolute atomic E-state index is 0. The Morgan fingerprint density at radius 3 is 1.08 bits per heavy atom. The number of halogens is 2. The fourth-order valence-corrected chi connectivity index (χ4v) is 9.65. The first-order chi connectivity index (χ1) is 16.7. The van der Waals surface area contributed by atoms with Gasteiger partial charge in [-0.3, -0.25) is 12.2 Å². The van der Waals surface area contributed by atoms with Crippen molar-refractivity contribution in [3.05, 3.63) is 107 Å². The van der Waals surface area contributed by atoms with Crippen molar-refractivity contribution >= 4 is 15.9 Å². The molecule has 0 fully saturated rings. The van der Waals surface area contributed by atoms with E-state index in [1.807, 2.05) is 0 Å². The van der Waals surface area contributed by atoms with Crippen molar-refractivity contribution in [2.45, 2.75) is 69.2 Å². The average molecular weight is 730 g/mol. The molecule has 0 radical (unpaired) electrons. The molecular formula is C34H44Cl2HfSi-2. The fraction of sp³-hybridized carbons (Fsp3) is 0.412. The Balaban J connectivity index is 0.000000533. The molecule has 2 aliphatic rings. The predicted octanol–water partition coefficient (Wildman–Crippen LogP) is 2.06. The van der Waals surface area contributed by atoms with E-state index in [-0.39, 0.29) is 24.8 Å². The van der Waals surface area contributed by atoms with Gasteiger partial charge in [-0.05, 0) is 0 Å². The van der Waals surface area contributed by atoms with E-state index in [9.17, 15) is 0 Å². The van der Waals surface area contributed by atoms with Crippen molar-refractivity contribution < 1.29 is 47.8 Å². The fourth-order valence-electron chi connectivity index (χ4n) is 4.67. The van der Waals surface area contributed by atoms with Crippen LogP contribution in [-0.4, -0.2) is 5.49 Å². The van der Waals surface area contributed by atoms with Crippen LogP contribution in [0.3, 0.4) is 0 Å². The quantitative estimate of drug-likeness (QED) is 0.329. The molecule has 2 aliphatic carbocycles. The third-order valence-electron chi connectivity index (χ3n) is 6.27. The Morgan fingerprint density at radius 1 is 0.605 bits per heavy atom. The van der Waals surface area contributed by atoms with Crippen LogP contribution in [0.15, 0.2) is 95.1 Å².